The van der Waals surface area contributed by atoms with Crippen LogP contribution in [0, 0.1) is 31.6 Å². The molecule has 110 valence electrons. The van der Waals surface area contributed by atoms with Gasteiger partial charge >= 0.3 is 0 Å². The Bertz CT molecular complexity index is 218. The smallest absolute Gasteiger partial charge is 0.00887 e. The van der Waals surface area contributed by atoms with Crippen LogP contribution in [0.3, 0.4) is 0 Å². The van der Waals surface area contributed by atoms with Gasteiger partial charge in [-0.25, -0.2) is 0 Å². The van der Waals surface area contributed by atoms with E-state index >= 15 is 0 Å². The molecule has 0 saturated heterocycles. The third kappa shape index (κ3) is 13.8. The van der Waals surface area contributed by atoms with Crippen molar-refractivity contribution in [3.8, 4) is 11.8 Å². The van der Waals surface area contributed by atoms with Gasteiger partial charge in [-0.3, -0.25) is 0 Å². The summed E-state index contributed by atoms with van der Waals surface area (Å²) in [6, 6.07) is 0. The van der Waals surface area contributed by atoms with E-state index in [1.165, 1.54) is 57.8 Å². The average Bonchev–Trinajstić information content (AvgIpc) is 2.44. The van der Waals surface area contributed by atoms with Gasteiger partial charge in [-0.2, -0.15) is 0 Å². The fraction of sp³-hybridized carbons (Fsp3) is 0.789. The van der Waals surface area contributed by atoms with E-state index < -0.39 is 0 Å². The van der Waals surface area contributed by atoms with Gasteiger partial charge < -0.3 is 0 Å². The van der Waals surface area contributed by atoms with Crippen LogP contribution in [0.5, 0.6) is 0 Å². The third-order valence-electron chi connectivity index (χ3n) is 3.78. The molecule has 0 fully saturated rings. The minimum absolute atomic E-state index is 0.933. The zero-order valence-corrected chi connectivity index (χ0v) is 13.2. The van der Waals surface area contributed by atoms with Crippen LogP contribution in [0.2, 0.25) is 0 Å². The molecule has 2 radical (unpaired) electrons. The quantitative estimate of drug-likeness (QED) is 0.283. The van der Waals surface area contributed by atoms with E-state index in [-0.39, 0.29) is 0 Å². The van der Waals surface area contributed by atoms with Crippen molar-refractivity contribution < 1.29 is 0 Å². The second-order valence-electron chi connectivity index (χ2n) is 5.53. The van der Waals surface area contributed by atoms with Crippen LogP contribution in [-0.2, 0) is 0 Å². The van der Waals surface area contributed by atoms with Gasteiger partial charge in [0.2, 0.25) is 0 Å². The van der Waals surface area contributed by atoms with E-state index in [1.54, 1.807) is 0 Å². The molecule has 19 heavy (non-hydrogen) atoms. The minimum atomic E-state index is 0.933. The summed E-state index contributed by atoms with van der Waals surface area (Å²) in [6.07, 6.45) is 16.4. The molecule has 0 aliphatic heterocycles. The van der Waals surface area contributed by atoms with Gasteiger partial charge in [0.15, 0.2) is 0 Å². The van der Waals surface area contributed by atoms with Gasteiger partial charge in [0.25, 0.3) is 0 Å². The summed E-state index contributed by atoms with van der Waals surface area (Å²) in [5, 5.41) is 0. The van der Waals surface area contributed by atoms with E-state index in [2.05, 4.69) is 32.6 Å². The molecule has 0 amide bonds. The molecular formula is C19H34. The number of hydrogen-bond acceptors (Lipinski definition) is 0. The molecule has 0 heterocycles. The van der Waals surface area contributed by atoms with Crippen LogP contribution in [-0.4, -0.2) is 0 Å². The van der Waals surface area contributed by atoms with Gasteiger partial charge in [0.05, 0.1) is 0 Å². The molecular weight excluding hydrogens is 228 g/mol. The first kappa shape index (κ1) is 18.6. The van der Waals surface area contributed by atoms with Crippen LogP contribution >= 0.6 is 0 Å². The van der Waals surface area contributed by atoms with Crippen LogP contribution in [0.4, 0.5) is 0 Å². The van der Waals surface area contributed by atoms with Crippen LogP contribution in [0.15, 0.2) is 0 Å². The topological polar surface area (TPSA) is 0 Å². The van der Waals surface area contributed by atoms with Crippen molar-refractivity contribution in [3.05, 3.63) is 13.8 Å². The van der Waals surface area contributed by atoms with E-state index in [0.29, 0.717) is 0 Å². The molecule has 1 atom stereocenters. The van der Waals surface area contributed by atoms with E-state index in [9.17, 15) is 0 Å². The van der Waals surface area contributed by atoms with Gasteiger partial charge in [-0.1, -0.05) is 72.1 Å². The largest absolute Gasteiger partial charge is 0.103 e. The second-order valence-corrected chi connectivity index (χ2v) is 5.53. The molecule has 0 aliphatic carbocycles. The van der Waals surface area contributed by atoms with Crippen molar-refractivity contribution in [1.82, 2.24) is 0 Å². The lowest BCUT2D eigenvalue weighted by molar-refractivity contribution is 0.404. The van der Waals surface area contributed by atoms with Crippen molar-refractivity contribution in [3.63, 3.8) is 0 Å². The normalized spacial score (nSPS) is 11.9. The van der Waals surface area contributed by atoms with E-state index in [4.69, 9.17) is 0 Å². The van der Waals surface area contributed by atoms with Crippen LogP contribution in [0.1, 0.15) is 90.4 Å². The lowest BCUT2D eigenvalue weighted by atomic mass is 9.93. The molecule has 0 aromatic heterocycles. The summed E-state index contributed by atoms with van der Waals surface area (Å²) in [5.74, 6) is 7.37. The molecule has 0 nitrogen and oxygen atoms in total. The van der Waals surface area contributed by atoms with Crippen molar-refractivity contribution in [1.29, 1.82) is 0 Å². The van der Waals surface area contributed by atoms with Gasteiger partial charge in [0.1, 0.15) is 0 Å². The van der Waals surface area contributed by atoms with E-state index in [0.717, 1.165) is 31.6 Å². The summed E-state index contributed by atoms with van der Waals surface area (Å²) in [5.41, 5.74) is 0. The lowest BCUT2D eigenvalue weighted by Crippen LogP contribution is -1.98. The first-order chi connectivity index (χ1) is 9.35. The molecule has 0 spiro atoms. The predicted molar refractivity (Wildman–Crippen MR) is 87.7 cm³/mol. The van der Waals surface area contributed by atoms with Crippen LogP contribution in [0.25, 0.3) is 0 Å². The molecule has 0 saturated carbocycles. The Morgan fingerprint density at radius 3 is 2.05 bits per heavy atom. The van der Waals surface area contributed by atoms with Crippen molar-refractivity contribution >= 4 is 0 Å². The summed E-state index contributed by atoms with van der Waals surface area (Å²) in [7, 11) is 0. The highest BCUT2D eigenvalue weighted by atomic mass is 14.1. The van der Waals surface area contributed by atoms with Gasteiger partial charge in [0, 0.05) is 12.8 Å². The second kappa shape index (κ2) is 15.6. The van der Waals surface area contributed by atoms with Crippen LogP contribution < -0.4 is 0 Å². The summed E-state index contributed by atoms with van der Waals surface area (Å²) in [4.78, 5) is 0. The molecule has 0 bridgehead atoms. The Kier molecular flexibility index (Phi) is 15.3. The number of rotatable bonds is 12. The highest BCUT2D eigenvalue weighted by molar-refractivity contribution is 4.98. The fourth-order valence-electron chi connectivity index (χ4n) is 2.44. The fourth-order valence-corrected chi connectivity index (χ4v) is 2.44. The van der Waals surface area contributed by atoms with Crippen molar-refractivity contribution in [2.45, 2.75) is 90.4 Å². The van der Waals surface area contributed by atoms with Gasteiger partial charge in [-0.15, -0.1) is 11.8 Å². The SMILES string of the molecule is [CH2]CCC#CCCCC(CC)CCCCCCC[CH2]. The highest BCUT2D eigenvalue weighted by Crippen LogP contribution is 2.20. The summed E-state index contributed by atoms with van der Waals surface area (Å²) < 4.78 is 0. The van der Waals surface area contributed by atoms with Gasteiger partial charge in [-0.05, 0) is 25.2 Å². The Morgan fingerprint density at radius 1 is 0.737 bits per heavy atom. The minimum Gasteiger partial charge on any atom is -0.103 e. The third-order valence-corrected chi connectivity index (χ3v) is 3.78. The molecule has 0 rings (SSSR count). The maximum Gasteiger partial charge on any atom is 0.00887 e. The number of unbranched alkanes of at least 4 members (excludes halogenated alkanes) is 7. The summed E-state index contributed by atoms with van der Waals surface area (Å²) >= 11 is 0. The monoisotopic (exact) mass is 262 g/mol. The zero-order valence-electron chi connectivity index (χ0n) is 13.2. The highest BCUT2D eigenvalue weighted by Gasteiger charge is 2.05. The Balaban J connectivity index is 3.42. The first-order valence-corrected chi connectivity index (χ1v) is 8.39. The summed E-state index contributed by atoms with van der Waals surface area (Å²) in [6.45, 7) is 10.0. The molecule has 0 aromatic rings. The van der Waals surface area contributed by atoms with E-state index in [1.807, 2.05) is 0 Å². The molecule has 0 aliphatic rings. The lowest BCUT2D eigenvalue weighted by Gasteiger charge is -2.13. The van der Waals surface area contributed by atoms with Crippen molar-refractivity contribution in [2.24, 2.45) is 5.92 Å². The molecule has 1 unspecified atom stereocenters. The maximum absolute atomic E-state index is 3.89. The number of hydrogen-bond donors (Lipinski definition) is 0. The maximum atomic E-state index is 3.89. The standard InChI is InChI=1S/C19H34/c1-4-7-9-11-13-15-17-19(6-3)18-16-14-12-10-8-5-2/h19H,1-2,4-9,11,13-18H2,3H3. The van der Waals surface area contributed by atoms with Crippen molar-refractivity contribution in [2.75, 3.05) is 0 Å². The molecule has 0 N–H and O–H groups in total. The first-order valence-electron chi connectivity index (χ1n) is 8.39. The Morgan fingerprint density at radius 2 is 1.37 bits per heavy atom. The zero-order chi connectivity index (χ0) is 14.2. The molecule has 0 aromatic carbocycles. The Hall–Kier alpha value is -0.440. The molecule has 0 heteroatoms. The average molecular weight is 262 g/mol. The predicted octanol–water partition coefficient (Wildman–Crippen LogP) is 6.37. The Labute approximate surface area is 122 Å².